The minimum Gasteiger partial charge on any atom is -0.495 e. The maximum atomic E-state index is 5.70. The zero-order valence-electron chi connectivity index (χ0n) is 10.6. The summed E-state index contributed by atoms with van der Waals surface area (Å²) in [5, 5.41) is 3.05. The molecule has 0 spiro atoms. The number of ether oxygens (including phenoxy) is 1. The number of alkyl halides is 1. The van der Waals surface area contributed by atoms with Gasteiger partial charge in [0, 0.05) is 0 Å². The molecule has 0 amide bonds. The second-order valence-corrected chi connectivity index (χ2v) is 4.16. The lowest BCUT2D eigenvalue weighted by Gasteiger charge is -2.11. The summed E-state index contributed by atoms with van der Waals surface area (Å²) in [6.07, 6.45) is 0. The maximum absolute atomic E-state index is 5.70. The van der Waals surface area contributed by atoms with Gasteiger partial charge in [-0.05, 0) is 24.6 Å². The number of benzene rings is 1. The first kappa shape index (κ1) is 13.4. The molecule has 0 unspecified atom stereocenters. The fraction of sp³-hybridized carbons (Fsp3) is 0.250. The zero-order valence-corrected chi connectivity index (χ0v) is 11.4. The van der Waals surface area contributed by atoms with Crippen LogP contribution in [0.15, 0.2) is 18.2 Å². The molecule has 0 aliphatic heterocycles. The zero-order chi connectivity index (χ0) is 13.8. The van der Waals surface area contributed by atoms with E-state index in [-0.39, 0.29) is 11.8 Å². The van der Waals surface area contributed by atoms with Crippen LogP contribution in [-0.2, 0) is 5.88 Å². The van der Waals surface area contributed by atoms with Crippen LogP contribution in [0.2, 0.25) is 0 Å². The van der Waals surface area contributed by atoms with Gasteiger partial charge in [-0.1, -0.05) is 6.07 Å². The molecule has 6 nitrogen and oxygen atoms in total. The predicted octanol–water partition coefficient (Wildman–Crippen LogP) is 2.25. The first-order valence-corrected chi connectivity index (χ1v) is 6.14. The van der Waals surface area contributed by atoms with Gasteiger partial charge in [0.05, 0.1) is 18.7 Å². The summed E-state index contributed by atoms with van der Waals surface area (Å²) in [4.78, 5) is 12.1. The van der Waals surface area contributed by atoms with Gasteiger partial charge in [-0.3, -0.25) is 0 Å². The van der Waals surface area contributed by atoms with Crippen molar-refractivity contribution in [3.63, 3.8) is 0 Å². The number of nitrogens with one attached hydrogen (secondary N) is 1. The van der Waals surface area contributed by atoms with E-state index >= 15 is 0 Å². The number of nitrogens with two attached hydrogens (primary N) is 1. The van der Waals surface area contributed by atoms with Gasteiger partial charge in [0.1, 0.15) is 5.75 Å². The van der Waals surface area contributed by atoms with Crippen molar-refractivity contribution in [1.82, 2.24) is 15.0 Å². The molecule has 0 atom stereocenters. The van der Waals surface area contributed by atoms with E-state index < -0.39 is 0 Å². The van der Waals surface area contributed by atoms with Gasteiger partial charge in [-0.25, -0.2) is 0 Å². The number of aryl methyl sites for hydroxylation is 1. The second-order valence-electron chi connectivity index (χ2n) is 3.90. The molecule has 100 valence electrons. The van der Waals surface area contributed by atoms with Crippen LogP contribution in [0.3, 0.4) is 0 Å². The van der Waals surface area contributed by atoms with Crippen molar-refractivity contribution < 1.29 is 4.74 Å². The van der Waals surface area contributed by atoms with Crippen LogP contribution in [0.1, 0.15) is 11.4 Å². The lowest BCUT2D eigenvalue weighted by molar-refractivity contribution is 0.416. The third kappa shape index (κ3) is 3.23. The molecule has 2 rings (SSSR count). The highest BCUT2D eigenvalue weighted by Gasteiger charge is 2.08. The summed E-state index contributed by atoms with van der Waals surface area (Å²) < 4.78 is 5.27. The third-order valence-corrected chi connectivity index (χ3v) is 2.66. The Kier molecular flexibility index (Phi) is 4.01. The standard InChI is InChI=1S/C12H14ClN5O/c1-7-3-4-9(19-2)8(5-7)15-12-17-10(6-13)16-11(14)18-12/h3-5H,6H2,1-2H3,(H3,14,15,16,17,18). The third-order valence-electron chi connectivity index (χ3n) is 2.42. The highest BCUT2D eigenvalue weighted by molar-refractivity contribution is 6.16. The van der Waals surface area contributed by atoms with Gasteiger partial charge in [0.25, 0.3) is 0 Å². The number of rotatable bonds is 4. The summed E-state index contributed by atoms with van der Waals surface area (Å²) >= 11 is 5.70. The van der Waals surface area contributed by atoms with E-state index in [2.05, 4.69) is 20.3 Å². The molecule has 3 N–H and O–H groups in total. The molecule has 1 aromatic carbocycles. The minimum absolute atomic E-state index is 0.125. The molecule has 0 aliphatic carbocycles. The fourth-order valence-corrected chi connectivity index (χ4v) is 1.71. The van der Waals surface area contributed by atoms with Crippen LogP contribution in [0.25, 0.3) is 0 Å². The second kappa shape index (κ2) is 5.71. The molecule has 1 aromatic heterocycles. The Bertz CT molecular complexity index is 590. The molecule has 0 radical (unpaired) electrons. The number of hydrogen-bond acceptors (Lipinski definition) is 6. The quantitative estimate of drug-likeness (QED) is 0.835. The first-order valence-electron chi connectivity index (χ1n) is 5.60. The van der Waals surface area contributed by atoms with Gasteiger partial charge in [-0.15, -0.1) is 11.6 Å². The van der Waals surface area contributed by atoms with Crippen LogP contribution in [-0.4, -0.2) is 22.1 Å². The fourth-order valence-electron chi connectivity index (χ4n) is 1.59. The monoisotopic (exact) mass is 279 g/mol. The van der Waals surface area contributed by atoms with Crippen LogP contribution in [0.5, 0.6) is 5.75 Å². The van der Waals surface area contributed by atoms with Gasteiger partial charge >= 0.3 is 0 Å². The molecular weight excluding hydrogens is 266 g/mol. The summed E-state index contributed by atoms with van der Waals surface area (Å²) in [5.74, 6) is 1.75. The Hall–Kier alpha value is -2.08. The SMILES string of the molecule is COc1ccc(C)cc1Nc1nc(N)nc(CCl)n1. The highest BCUT2D eigenvalue weighted by Crippen LogP contribution is 2.27. The van der Waals surface area contributed by atoms with Gasteiger partial charge in [0.15, 0.2) is 5.82 Å². The predicted molar refractivity (Wildman–Crippen MR) is 74.8 cm³/mol. The van der Waals surface area contributed by atoms with Crippen LogP contribution in [0, 0.1) is 6.92 Å². The Balaban J connectivity index is 2.35. The van der Waals surface area contributed by atoms with Crippen LogP contribution >= 0.6 is 11.6 Å². The number of aromatic nitrogens is 3. The van der Waals surface area contributed by atoms with Gasteiger partial charge in [-0.2, -0.15) is 15.0 Å². The average Bonchev–Trinajstić information content (AvgIpc) is 2.38. The number of nitrogen functional groups attached to an aromatic ring is 1. The Morgan fingerprint density at radius 3 is 2.79 bits per heavy atom. The number of hydrogen-bond donors (Lipinski definition) is 2. The molecule has 0 saturated heterocycles. The van der Waals surface area contributed by atoms with E-state index in [0.29, 0.717) is 17.5 Å². The molecule has 0 aliphatic rings. The molecule has 19 heavy (non-hydrogen) atoms. The van der Waals surface area contributed by atoms with Crippen molar-refractivity contribution >= 4 is 29.2 Å². The summed E-state index contributed by atoms with van der Waals surface area (Å²) in [6.45, 7) is 1.98. The van der Waals surface area contributed by atoms with Crippen LogP contribution < -0.4 is 15.8 Å². The lowest BCUT2D eigenvalue weighted by atomic mass is 10.2. The normalized spacial score (nSPS) is 10.3. The van der Waals surface area contributed by atoms with Crippen molar-refractivity contribution in [1.29, 1.82) is 0 Å². The Morgan fingerprint density at radius 1 is 1.32 bits per heavy atom. The van der Waals surface area contributed by atoms with E-state index in [9.17, 15) is 0 Å². The van der Waals surface area contributed by atoms with E-state index in [0.717, 1.165) is 11.3 Å². The Labute approximate surface area is 116 Å². The lowest BCUT2D eigenvalue weighted by Crippen LogP contribution is -2.06. The molecule has 0 saturated carbocycles. The van der Waals surface area contributed by atoms with Crippen molar-refractivity contribution in [2.24, 2.45) is 0 Å². The van der Waals surface area contributed by atoms with Crippen molar-refractivity contribution in [3.8, 4) is 5.75 Å². The molecule has 2 aromatic rings. The molecular formula is C12H14ClN5O. The smallest absolute Gasteiger partial charge is 0.232 e. The molecule has 0 bridgehead atoms. The van der Waals surface area contributed by atoms with Gasteiger partial charge in [0.2, 0.25) is 11.9 Å². The highest BCUT2D eigenvalue weighted by atomic mass is 35.5. The average molecular weight is 280 g/mol. The molecule has 1 heterocycles. The number of halogens is 1. The number of nitrogens with zero attached hydrogens (tertiary/aromatic N) is 3. The van der Waals surface area contributed by atoms with Crippen molar-refractivity contribution in [3.05, 3.63) is 29.6 Å². The number of anilines is 3. The van der Waals surface area contributed by atoms with Crippen molar-refractivity contribution in [2.75, 3.05) is 18.2 Å². The van der Waals surface area contributed by atoms with Crippen LogP contribution in [0.4, 0.5) is 17.6 Å². The molecule has 0 fully saturated rings. The van der Waals surface area contributed by atoms with E-state index in [4.69, 9.17) is 22.1 Å². The van der Waals surface area contributed by atoms with E-state index in [1.54, 1.807) is 7.11 Å². The molecule has 7 heteroatoms. The Morgan fingerprint density at radius 2 is 2.11 bits per heavy atom. The summed E-state index contributed by atoms with van der Waals surface area (Å²) in [5.41, 5.74) is 7.44. The first-order chi connectivity index (χ1) is 9.12. The topological polar surface area (TPSA) is 86.0 Å². The minimum atomic E-state index is 0.125. The number of methoxy groups -OCH3 is 1. The maximum Gasteiger partial charge on any atom is 0.232 e. The summed E-state index contributed by atoms with van der Waals surface area (Å²) in [7, 11) is 1.60. The summed E-state index contributed by atoms with van der Waals surface area (Å²) in [6, 6.07) is 5.75. The van der Waals surface area contributed by atoms with Gasteiger partial charge < -0.3 is 15.8 Å². The van der Waals surface area contributed by atoms with E-state index in [1.807, 2.05) is 25.1 Å². The van der Waals surface area contributed by atoms with Crippen molar-refractivity contribution in [2.45, 2.75) is 12.8 Å². The van der Waals surface area contributed by atoms with E-state index in [1.165, 1.54) is 0 Å². The largest absolute Gasteiger partial charge is 0.495 e.